The van der Waals surface area contributed by atoms with Crippen LogP contribution >= 0.6 is 0 Å². The lowest BCUT2D eigenvalue weighted by atomic mass is 10.1. The molecule has 1 aromatic rings. The van der Waals surface area contributed by atoms with Gasteiger partial charge in [-0.1, -0.05) is 0 Å². The average molecular weight is 264 g/mol. The van der Waals surface area contributed by atoms with E-state index in [1.807, 2.05) is 31.0 Å². The second-order valence-electron chi connectivity index (χ2n) is 4.25. The van der Waals surface area contributed by atoms with Gasteiger partial charge >= 0.3 is 0 Å². The lowest BCUT2D eigenvalue weighted by Gasteiger charge is -2.20. The highest BCUT2D eigenvalue weighted by Crippen LogP contribution is 2.38. The second-order valence-corrected chi connectivity index (χ2v) is 4.25. The SMILES string of the molecule is COc1cc(CN(C)C(C)C#N)cc(OC)c1OC. The summed E-state index contributed by atoms with van der Waals surface area (Å²) < 4.78 is 15.9. The van der Waals surface area contributed by atoms with Crippen molar-refractivity contribution >= 4 is 0 Å². The molecule has 1 aromatic carbocycles. The van der Waals surface area contributed by atoms with Crippen LogP contribution in [0.15, 0.2) is 12.1 Å². The van der Waals surface area contributed by atoms with Crippen molar-refractivity contribution in [3.63, 3.8) is 0 Å². The zero-order chi connectivity index (χ0) is 14.4. The lowest BCUT2D eigenvalue weighted by molar-refractivity contribution is 0.290. The first-order valence-electron chi connectivity index (χ1n) is 5.96. The van der Waals surface area contributed by atoms with Crippen LogP contribution in [-0.4, -0.2) is 39.3 Å². The quantitative estimate of drug-likeness (QED) is 0.787. The number of hydrogen-bond acceptors (Lipinski definition) is 5. The van der Waals surface area contributed by atoms with Gasteiger partial charge in [0, 0.05) is 6.54 Å². The molecule has 0 radical (unpaired) electrons. The molecule has 0 saturated heterocycles. The zero-order valence-electron chi connectivity index (χ0n) is 12.1. The molecule has 19 heavy (non-hydrogen) atoms. The predicted octanol–water partition coefficient (Wildman–Crippen LogP) is 2.06. The highest BCUT2D eigenvalue weighted by Gasteiger charge is 2.15. The molecule has 0 aromatic heterocycles. The first-order valence-corrected chi connectivity index (χ1v) is 5.96. The van der Waals surface area contributed by atoms with E-state index in [0.29, 0.717) is 23.8 Å². The molecule has 0 spiro atoms. The van der Waals surface area contributed by atoms with Gasteiger partial charge in [-0.05, 0) is 31.7 Å². The van der Waals surface area contributed by atoms with Crippen LogP contribution in [0.1, 0.15) is 12.5 Å². The van der Waals surface area contributed by atoms with Crippen LogP contribution in [-0.2, 0) is 6.54 Å². The molecule has 0 N–H and O–H groups in total. The van der Waals surface area contributed by atoms with Gasteiger partial charge in [-0.3, -0.25) is 4.90 Å². The highest BCUT2D eigenvalue weighted by molar-refractivity contribution is 5.53. The molecular weight excluding hydrogens is 244 g/mol. The summed E-state index contributed by atoms with van der Waals surface area (Å²) in [5.74, 6) is 1.81. The van der Waals surface area contributed by atoms with Crippen LogP contribution in [0.5, 0.6) is 17.2 Å². The van der Waals surface area contributed by atoms with Gasteiger partial charge in [-0.15, -0.1) is 0 Å². The third-order valence-corrected chi connectivity index (χ3v) is 3.00. The van der Waals surface area contributed by atoms with E-state index in [2.05, 4.69) is 6.07 Å². The van der Waals surface area contributed by atoms with Gasteiger partial charge in [0.25, 0.3) is 0 Å². The third-order valence-electron chi connectivity index (χ3n) is 3.00. The lowest BCUT2D eigenvalue weighted by Crippen LogP contribution is -2.27. The van der Waals surface area contributed by atoms with Crippen molar-refractivity contribution in [3.8, 4) is 23.3 Å². The molecule has 0 aliphatic carbocycles. The van der Waals surface area contributed by atoms with Crippen molar-refractivity contribution in [1.29, 1.82) is 5.26 Å². The summed E-state index contributed by atoms with van der Waals surface area (Å²) in [5, 5.41) is 8.91. The van der Waals surface area contributed by atoms with Crippen molar-refractivity contribution in [1.82, 2.24) is 4.90 Å². The number of benzene rings is 1. The molecule has 0 saturated carbocycles. The maximum Gasteiger partial charge on any atom is 0.203 e. The van der Waals surface area contributed by atoms with Gasteiger partial charge in [0.05, 0.1) is 33.4 Å². The van der Waals surface area contributed by atoms with Gasteiger partial charge < -0.3 is 14.2 Å². The number of methoxy groups -OCH3 is 3. The van der Waals surface area contributed by atoms with Crippen LogP contribution in [0.3, 0.4) is 0 Å². The maximum atomic E-state index is 8.91. The molecule has 1 rings (SSSR count). The zero-order valence-corrected chi connectivity index (χ0v) is 12.1. The Labute approximate surface area is 114 Å². The minimum atomic E-state index is -0.154. The molecule has 0 bridgehead atoms. The number of hydrogen-bond donors (Lipinski definition) is 0. The summed E-state index contributed by atoms with van der Waals surface area (Å²) in [6.45, 7) is 2.49. The smallest absolute Gasteiger partial charge is 0.203 e. The van der Waals surface area contributed by atoms with Crippen molar-refractivity contribution in [2.45, 2.75) is 19.5 Å². The van der Waals surface area contributed by atoms with Crippen molar-refractivity contribution in [2.75, 3.05) is 28.4 Å². The van der Waals surface area contributed by atoms with E-state index in [0.717, 1.165) is 5.56 Å². The minimum absolute atomic E-state index is 0.154. The fourth-order valence-corrected chi connectivity index (χ4v) is 1.75. The molecule has 5 nitrogen and oxygen atoms in total. The van der Waals surface area contributed by atoms with Gasteiger partial charge in [-0.2, -0.15) is 5.26 Å². The van der Waals surface area contributed by atoms with Crippen LogP contribution < -0.4 is 14.2 Å². The Hall–Kier alpha value is -1.93. The van der Waals surface area contributed by atoms with Crippen LogP contribution in [0.4, 0.5) is 0 Å². The van der Waals surface area contributed by atoms with Crippen LogP contribution in [0.2, 0.25) is 0 Å². The summed E-state index contributed by atoms with van der Waals surface area (Å²) in [6, 6.07) is 5.83. The Morgan fingerprint density at radius 2 is 1.68 bits per heavy atom. The predicted molar refractivity (Wildman–Crippen MR) is 72.6 cm³/mol. The Balaban J connectivity index is 3.07. The number of rotatable bonds is 6. The molecule has 0 heterocycles. The summed E-state index contributed by atoms with van der Waals surface area (Å²) in [4.78, 5) is 1.95. The van der Waals surface area contributed by atoms with E-state index < -0.39 is 0 Å². The Bertz CT molecular complexity index is 443. The molecule has 0 aliphatic heterocycles. The standard InChI is InChI=1S/C14H20N2O3/c1-10(8-15)16(2)9-11-6-12(17-3)14(19-5)13(7-11)18-4/h6-7,10H,9H2,1-5H3. The average Bonchev–Trinajstić information content (AvgIpc) is 2.44. The van der Waals surface area contributed by atoms with E-state index in [4.69, 9.17) is 19.5 Å². The highest BCUT2D eigenvalue weighted by atomic mass is 16.5. The first kappa shape index (κ1) is 15.1. The molecule has 1 atom stereocenters. The summed E-state index contributed by atoms with van der Waals surface area (Å²) in [7, 11) is 6.65. The fourth-order valence-electron chi connectivity index (χ4n) is 1.75. The molecule has 0 fully saturated rings. The fraction of sp³-hybridized carbons (Fsp3) is 0.500. The maximum absolute atomic E-state index is 8.91. The van der Waals surface area contributed by atoms with E-state index in [1.54, 1.807) is 21.3 Å². The van der Waals surface area contributed by atoms with Crippen LogP contribution in [0, 0.1) is 11.3 Å². The van der Waals surface area contributed by atoms with E-state index >= 15 is 0 Å². The second kappa shape index (κ2) is 6.86. The van der Waals surface area contributed by atoms with E-state index in [-0.39, 0.29) is 6.04 Å². The third kappa shape index (κ3) is 3.52. The van der Waals surface area contributed by atoms with Gasteiger partial charge in [-0.25, -0.2) is 0 Å². The first-order chi connectivity index (χ1) is 9.07. The summed E-state index contributed by atoms with van der Waals surface area (Å²) >= 11 is 0. The molecule has 1 unspecified atom stereocenters. The van der Waals surface area contributed by atoms with Crippen LogP contribution in [0.25, 0.3) is 0 Å². The molecule has 104 valence electrons. The topological polar surface area (TPSA) is 54.7 Å². The van der Waals surface area contributed by atoms with Gasteiger partial charge in [0.2, 0.25) is 5.75 Å². The monoisotopic (exact) mass is 264 g/mol. The molecule has 0 amide bonds. The van der Waals surface area contributed by atoms with E-state index in [1.165, 1.54) is 0 Å². The number of nitriles is 1. The Morgan fingerprint density at radius 3 is 2.05 bits per heavy atom. The molecule has 5 heteroatoms. The Kier molecular flexibility index (Phi) is 5.46. The van der Waals surface area contributed by atoms with E-state index in [9.17, 15) is 0 Å². The van der Waals surface area contributed by atoms with Crippen molar-refractivity contribution in [2.24, 2.45) is 0 Å². The summed E-state index contributed by atoms with van der Waals surface area (Å²) in [6.07, 6.45) is 0. The normalized spacial score (nSPS) is 11.8. The largest absolute Gasteiger partial charge is 0.493 e. The number of nitrogens with zero attached hydrogens (tertiary/aromatic N) is 2. The van der Waals surface area contributed by atoms with Gasteiger partial charge in [0.15, 0.2) is 11.5 Å². The van der Waals surface area contributed by atoms with Crippen molar-refractivity contribution < 1.29 is 14.2 Å². The van der Waals surface area contributed by atoms with Gasteiger partial charge in [0.1, 0.15) is 0 Å². The Morgan fingerprint density at radius 1 is 1.16 bits per heavy atom. The van der Waals surface area contributed by atoms with Crippen molar-refractivity contribution in [3.05, 3.63) is 17.7 Å². The number of ether oxygens (including phenoxy) is 3. The summed E-state index contributed by atoms with van der Waals surface area (Å²) in [5.41, 5.74) is 0.999. The minimum Gasteiger partial charge on any atom is -0.493 e. The molecular formula is C14H20N2O3. The molecule has 0 aliphatic rings.